The summed E-state index contributed by atoms with van der Waals surface area (Å²) >= 11 is 0. The van der Waals surface area contributed by atoms with Crippen LogP contribution < -0.4 is 0 Å². The Labute approximate surface area is 137 Å². The van der Waals surface area contributed by atoms with Gasteiger partial charge in [0.15, 0.2) is 0 Å². The first-order valence-electron chi connectivity index (χ1n) is 9.01. The molecule has 1 spiro atoms. The van der Waals surface area contributed by atoms with Gasteiger partial charge in [0.05, 0.1) is 12.0 Å². The summed E-state index contributed by atoms with van der Waals surface area (Å²) in [7, 11) is 1.98. The van der Waals surface area contributed by atoms with Gasteiger partial charge in [-0.1, -0.05) is 6.42 Å². The van der Waals surface area contributed by atoms with E-state index in [0.717, 1.165) is 63.7 Å². The fourth-order valence-corrected chi connectivity index (χ4v) is 4.44. The predicted octanol–water partition coefficient (Wildman–Crippen LogP) is 1.43. The highest BCUT2D eigenvalue weighted by atomic mass is 16.2. The van der Waals surface area contributed by atoms with Crippen molar-refractivity contribution in [1.29, 1.82) is 0 Å². The minimum atomic E-state index is -0.124. The maximum absolute atomic E-state index is 13.1. The van der Waals surface area contributed by atoms with E-state index in [1.165, 1.54) is 19.3 Å². The zero-order valence-corrected chi connectivity index (χ0v) is 14.1. The lowest BCUT2D eigenvalue weighted by atomic mass is 9.77. The third kappa shape index (κ3) is 2.77. The maximum atomic E-state index is 13.1. The quantitative estimate of drug-likeness (QED) is 0.843. The Hall–Kier alpha value is -1.43. The van der Waals surface area contributed by atoms with E-state index < -0.39 is 0 Å². The molecule has 126 valence electrons. The Morgan fingerprint density at radius 3 is 2.83 bits per heavy atom. The highest BCUT2D eigenvalue weighted by molar-refractivity contribution is 5.84. The summed E-state index contributed by atoms with van der Waals surface area (Å²) in [5.74, 6) is 2.18. The molecule has 1 atom stereocenters. The van der Waals surface area contributed by atoms with Gasteiger partial charge in [-0.3, -0.25) is 9.69 Å². The Balaban J connectivity index is 1.41. The van der Waals surface area contributed by atoms with Crippen LogP contribution in [-0.4, -0.2) is 56.7 Å². The molecule has 0 radical (unpaired) electrons. The molecule has 1 amide bonds. The topological polar surface area (TPSA) is 54.3 Å². The third-order valence-corrected chi connectivity index (χ3v) is 6.13. The zero-order chi connectivity index (χ0) is 15.9. The van der Waals surface area contributed by atoms with Gasteiger partial charge in [-0.05, 0) is 44.6 Å². The number of carbonyl (C=O) groups is 1. The van der Waals surface area contributed by atoms with E-state index in [1.54, 1.807) is 6.33 Å². The molecule has 0 bridgehead atoms. The van der Waals surface area contributed by atoms with Crippen molar-refractivity contribution in [1.82, 2.24) is 24.6 Å². The van der Waals surface area contributed by atoms with Gasteiger partial charge in [0.25, 0.3) is 0 Å². The van der Waals surface area contributed by atoms with Crippen molar-refractivity contribution in [2.45, 2.75) is 45.1 Å². The molecule has 2 aliphatic heterocycles. The lowest BCUT2D eigenvalue weighted by Crippen LogP contribution is -2.51. The molecule has 0 aromatic carbocycles. The van der Waals surface area contributed by atoms with Gasteiger partial charge in [-0.2, -0.15) is 0 Å². The Morgan fingerprint density at radius 1 is 1.26 bits per heavy atom. The summed E-state index contributed by atoms with van der Waals surface area (Å²) < 4.78 is 1.97. The molecule has 0 N–H and O–H groups in total. The Bertz CT molecular complexity index is 581. The molecule has 6 nitrogen and oxygen atoms in total. The van der Waals surface area contributed by atoms with Crippen LogP contribution in [0.5, 0.6) is 0 Å². The van der Waals surface area contributed by atoms with Gasteiger partial charge in [-0.15, -0.1) is 10.2 Å². The predicted molar refractivity (Wildman–Crippen MR) is 86.5 cm³/mol. The van der Waals surface area contributed by atoms with Crippen LogP contribution in [0.4, 0.5) is 0 Å². The smallest absolute Gasteiger partial charge is 0.230 e. The largest absolute Gasteiger partial charge is 0.342 e. The second-order valence-corrected chi connectivity index (χ2v) is 7.75. The van der Waals surface area contributed by atoms with Crippen molar-refractivity contribution < 1.29 is 4.79 Å². The molecule has 1 aromatic rings. The molecule has 3 aliphatic rings. The fourth-order valence-electron chi connectivity index (χ4n) is 4.44. The number of rotatable bonds is 4. The number of aryl methyl sites for hydroxylation is 1. The molecule has 4 rings (SSSR count). The van der Waals surface area contributed by atoms with Crippen LogP contribution in [0.25, 0.3) is 0 Å². The van der Waals surface area contributed by atoms with Crippen molar-refractivity contribution in [2.75, 3.05) is 26.2 Å². The second-order valence-electron chi connectivity index (χ2n) is 7.75. The normalized spacial score (nSPS) is 29.4. The van der Waals surface area contributed by atoms with Gasteiger partial charge in [-0.25, -0.2) is 0 Å². The van der Waals surface area contributed by atoms with Gasteiger partial charge in [0.2, 0.25) is 5.91 Å². The molecule has 1 aromatic heterocycles. The second kappa shape index (κ2) is 5.89. The molecule has 0 unspecified atom stereocenters. The van der Waals surface area contributed by atoms with Crippen LogP contribution >= 0.6 is 0 Å². The van der Waals surface area contributed by atoms with Crippen LogP contribution in [0.3, 0.4) is 0 Å². The van der Waals surface area contributed by atoms with Crippen molar-refractivity contribution in [3.8, 4) is 0 Å². The Morgan fingerprint density at radius 2 is 2.13 bits per heavy atom. The molecule has 2 saturated heterocycles. The van der Waals surface area contributed by atoms with E-state index in [9.17, 15) is 4.79 Å². The molecular formula is C17H27N5O. The third-order valence-electron chi connectivity index (χ3n) is 6.13. The van der Waals surface area contributed by atoms with E-state index in [0.29, 0.717) is 5.91 Å². The lowest BCUT2D eigenvalue weighted by Gasteiger charge is -2.42. The van der Waals surface area contributed by atoms with Crippen LogP contribution in [0.2, 0.25) is 0 Å². The molecule has 6 heteroatoms. The van der Waals surface area contributed by atoms with Crippen molar-refractivity contribution in [3.63, 3.8) is 0 Å². The summed E-state index contributed by atoms with van der Waals surface area (Å²) in [6.07, 6.45) is 8.95. The highest BCUT2D eigenvalue weighted by Gasteiger charge is 2.48. The van der Waals surface area contributed by atoms with Crippen molar-refractivity contribution in [2.24, 2.45) is 18.4 Å². The molecule has 3 fully saturated rings. The SMILES string of the molecule is Cn1cnnc1CN1CC[C@]2(CCCN(CC3CCC3)C2=O)C1. The molecule has 1 saturated carbocycles. The van der Waals surface area contributed by atoms with E-state index in [4.69, 9.17) is 0 Å². The highest BCUT2D eigenvalue weighted by Crippen LogP contribution is 2.41. The maximum Gasteiger partial charge on any atom is 0.230 e. The van der Waals surface area contributed by atoms with Crippen LogP contribution in [0, 0.1) is 11.3 Å². The van der Waals surface area contributed by atoms with Crippen molar-refractivity contribution in [3.05, 3.63) is 12.2 Å². The van der Waals surface area contributed by atoms with Gasteiger partial charge in [0, 0.05) is 26.7 Å². The summed E-state index contributed by atoms with van der Waals surface area (Å²) in [5.41, 5.74) is -0.124. The van der Waals surface area contributed by atoms with Crippen LogP contribution in [0.1, 0.15) is 44.3 Å². The molecule has 23 heavy (non-hydrogen) atoms. The number of hydrogen-bond donors (Lipinski definition) is 0. The van der Waals surface area contributed by atoms with Gasteiger partial charge in [0.1, 0.15) is 12.2 Å². The number of aromatic nitrogens is 3. The number of nitrogens with zero attached hydrogens (tertiary/aromatic N) is 5. The first-order valence-corrected chi connectivity index (χ1v) is 9.01. The van der Waals surface area contributed by atoms with Gasteiger partial charge >= 0.3 is 0 Å². The average molecular weight is 317 g/mol. The van der Waals surface area contributed by atoms with Gasteiger partial charge < -0.3 is 9.47 Å². The monoisotopic (exact) mass is 317 g/mol. The summed E-state index contributed by atoms with van der Waals surface area (Å²) in [4.78, 5) is 17.7. The van der Waals surface area contributed by atoms with Crippen LogP contribution in [0.15, 0.2) is 6.33 Å². The minimum absolute atomic E-state index is 0.124. The minimum Gasteiger partial charge on any atom is -0.342 e. The first kappa shape index (κ1) is 15.1. The van der Waals surface area contributed by atoms with E-state index >= 15 is 0 Å². The number of likely N-dealkylation sites (tertiary alicyclic amines) is 2. The molecular weight excluding hydrogens is 290 g/mol. The number of hydrogen-bond acceptors (Lipinski definition) is 4. The zero-order valence-electron chi connectivity index (χ0n) is 14.1. The number of amides is 1. The van der Waals surface area contributed by atoms with Crippen molar-refractivity contribution >= 4 is 5.91 Å². The lowest BCUT2D eigenvalue weighted by molar-refractivity contribution is -0.146. The number of carbonyl (C=O) groups excluding carboxylic acids is 1. The summed E-state index contributed by atoms with van der Waals surface area (Å²) in [6.45, 7) is 4.66. The average Bonchev–Trinajstić information content (AvgIpc) is 3.08. The summed E-state index contributed by atoms with van der Waals surface area (Å²) in [6, 6.07) is 0. The Kier molecular flexibility index (Phi) is 3.87. The van der Waals surface area contributed by atoms with Crippen LogP contribution in [-0.2, 0) is 18.4 Å². The molecule has 1 aliphatic carbocycles. The first-order chi connectivity index (χ1) is 11.2. The number of piperidine rings is 1. The van der Waals surface area contributed by atoms with E-state index in [1.807, 2.05) is 11.6 Å². The fraction of sp³-hybridized carbons (Fsp3) is 0.824. The summed E-state index contributed by atoms with van der Waals surface area (Å²) in [5, 5.41) is 8.14. The standard InChI is InChI=1S/C17H27N5O/c1-20-13-18-19-15(20)11-21-9-7-17(12-21)6-3-8-22(16(17)23)10-14-4-2-5-14/h13-14H,2-12H2,1H3/t17-/m1/s1. The molecule has 3 heterocycles. The van der Waals surface area contributed by atoms with E-state index in [2.05, 4.69) is 20.0 Å². The van der Waals surface area contributed by atoms with E-state index in [-0.39, 0.29) is 5.41 Å².